The largest absolute Gasteiger partial charge is 0.457 e. The number of ether oxygens (including phenoxy) is 2. The smallest absolute Gasteiger partial charge is 0.306 e. The van der Waals surface area contributed by atoms with Crippen molar-refractivity contribution < 1.29 is 19.1 Å². The molecule has 0 heterocycles. The van der Waals surface area contributed by atoms with Crippen molar-refractivity contribution in [3.05, 3.63) is 0 Å². The summed E-state index contributed by atoms with van der Waals surface area (Å²) in [6, 6.07) is 0. The van der Waals surface area contributed by atoms with E-state index in [9.17, 15) is 9.59 Å². The highest BCUT2D eigenvalue weighted by Crippen LogP contribution is 2.28. The van der Waals surface area contributed by atoms with Gasteiger partial charge in [0.15, 0.2) is 5.78 Å². The van der Waals surface area contributed by atoms with E-state index in [1.807, 2.05) is 41.5 Å². The zero-order valence-electron chi connectivity index (χ0n) is 16.2. The Morgan fingerprint density at radius 2 is 1.43 bits per heavy atom. The maximum absolute atomic E-state index is 12.3. The van der Waals surface area contributed by atoms with Gasteiger partial charge in [-0.2, -0.15) is 0 Å². The summed E-state index contributed by atoms with van der Waals surface area (Å²) in [5.74, 6) is -0.0973. The summed E-state index contributed by atoms with van der Waals surface area (Å²) in [7, 11) is 0. The quantitative estimate of drug-likeness (QED) is 0.481. The molecule has 0 aliphatic carbocycles. The van der Waals surface area contributed by atoms with Crippen molar-refractivity contribution in [2.24, 2.45) is 0 Å². The van der Waals surface area contributed by atoms with Crippen LogP contribution in [0.4, 0.5) is 0 Å². The molecule has 0 aromatic heterocycles. The van der Waals surface area contributed by atoms with Crippen LogP contribution in [0, 0.1) is 0 Å². The van der Waals surface area contributed by atoms with Crippen LogP contribution in [0.25, 0.3) is 0 Å². The Morgan fingerprint density at radius 3 is 1.91 bits per heavy atom. The molecule has 1 unspecified atom stereocenters. The topological polar surface area (TPSA) is 52.6 Å². The van der Waals surface area contributed by atoms with Gasteiger partial charge in [0.25, 0.3) is 0 Å². The molecule has 1 atom stereocenters. The third kappa shape index (κ3) is 7.96. The summed E-state index contributed by atoms with van der Waals surface area (Å²) in [6.45, 7) is 13.4. The molecule has 0 rings (SSSR count). The molecule has 0 radical (unpaired) electrons. The molecule has 136 valence electrons. The van der Waals surface area contributed by atoms with E-state index in [1.54, 1.807) is 0 Å². The third-order valence-corrected chi connectivity index (χ3v) is 4.12. The van der Waals surface area contributed by atoms with E-state index in [0.29, 0.717) is 19.3 Å². The van der Waals surface area contributed by atoms with Crippen molar-refractivity contribution in [1.82, 2.24) is 0 Å². The number of hydrogen-bond acceptors (Lipinski definition) is 4. The van der Waals surface area contributed by atoms with Gasteiger partial charge in [0.1, 0.15) is 11.2 Å². The lowest BCUT2D eigenvalue weighted by atomic mass is 9.94. The van der Waals surface area contributed by atoms with Crippen molar-refractivity contribution in [3.63, 3.8) is 0 Å². The molecular weight excluding hydrogens is 292 g/mol. The number of hydrogen-bond donors (Lipinski definition) is 0. The first-order valence-electron chi connectivity index (χ1n) is 9.03. The van der Waals surface area contributed by atoms with Crippen molar-refractivity contribution in [1.29, 1.82) is 0 Å². The van der Waals surface area contributed by atoms with Crippen molar-refractivity contribution in [2.45, 2.75) is 111 Å². The summed E-state index contributed by atoms with van der Waals surface area (Å²) in [4.78, 5) is 24.3. The molecule has 0 aliphatic heterocycles. The Kier molecular flexibility index (Phi) is 9.67. The molecule has 4 heteroatoms. The van der Waals surface area contributed by atoms with Gasteiger partial charge in [-0.1, -0.05) is 33.6 Å². The van der Waals surface area contributed by atoms with E-state index in [1.165, 1.54) is 0 Å². The van der Waals surface area contributed by atoms with E-state index in [-0.39, 0.29) is 17.9 Å². The minimum Gasteiger partial charge on any atom is -0.457 e. The van der Waals surface area contributed by atoms with E-state index in [2.05, 4.69) is 6.92 Å². The van der Waals surface area contributed by atoms with Crippen molar-refractivity contribution in [3.8, 4) is 0 Å². The molecule has 23 heavy (non-hydrogen) atoms. The number of carbonyl (C=O) groups excluding carboxylic acids is 2. The minimum atomic E-state index is -0.858. The second-order valence-electron chi connectivity index (χ2n) is 7.23. The molecule has 0 aromatic rings. The van der Waals surface area contributed by atoms with Crippen LogP contribution in [0.3, 0.4) is 0 Å². The van der Waals surface area contributed by atoms with Gasteiger partial charge < -0.3 is 9.47 Å². The molecule has 0 amide bonds. The summed E-state index contributed by atoms with van der Waals surface area (Å²) in [5, 5.41) is 0. The van der Waals surface area contributed by atoms with Crippen LogP contribution in [0.15, 0.2) is 0 Å². The first-order valence-corrected chi connectivity index (χ1v) is 9.03. The fourth-order valence-electron chi connectivity index (χ4n) is 2.51. The van der Waals surface area contributed by atoms with Crippen LogP contribution in [0.2, 0.25) is 0 Å². The molecular formula is C19H36O4. The second kappa shape index (κ2) is 10.1. The van der Waals surface area contributed by atoms with Gasteiger partial charge in [-0.15, -0.1) is 0 Å². The molecule has 0 fully saturated rings. The average molecular weight is 328 g/mol. The molecule has 0 bridgehead atoms. The molecule has 0 spiro atoms. The standard InChI is InChI=1S/C19H36O4/c1-8-11-13-15(20)18(4,5)22-16(10-3)19(6,7)23-17(21)14-12-9-2/h16H,8-14H2,1-7H3. The van der Waals surface area contributed by atoms with Gasteiger partial charge in [0, 0.05) is 12.8 Å². The van der Waals surface area contributed by atoms with Gasteiger partial charge in [-0.25, -0.2) is 0 Å². The van der Waals surface area contributed by atoms with Gasteiger partial charge in [-0.3, -0.25) is 9.59 Å². The van der Waals surface area contributed by atoms with Crippen LogP contribution in [0.5, 0.6) is 0 Å². The molecule has 4 nitrogen and oxygen atoms in total. The highest BCUT2D eigenvalue weighted by atomic mass is 16.6. The van der Waals surface area contributed by atoms with Crippen LogP contribution in [0.1, 0.15) is 93.4 Å². The number of Topliss-reactive ketones (excluding diaryl/α,β-unsaturated/α-hetero) is 1. The summed E-state index contributed by atoms with van der Waals surface area (Å²) in [6.07, 6.45) is 4.96. The summed E-state index contributed by atoms with van der Waals surface area (Å²) >= 11 is 0. The maximum Gasteiger partial charge on any atom is 0.306 e. The molecule has 0 N–H and O–H groups in total. The first-order chi connectivity index (χ1) is 10.6. The van der Waals surface area contributed by atoms with E-state index < -0.39 is 11.2 Å². The van der Waals surface area contributed by atoms with E-state index >= 15 is 0 Å². The Balaban J connectivity index is 4.83. The molecule has 0 aliphatic rings. The molecule has 0 saturated carbocycles. The van der Waals surface area contributed by atoms with Gasteiger partial charge in [0.05, 0.1) is 6.10 Å². The Morgan fingerprint density at radius 1 is 0.913 bits per heavy atom. The van der Waals surface area contributed by atoms with Gasteiger partial charge in [0.2, 0.25) is 0 Å². The first kappa shape index (κ1) is 22.1. The minimum absolute atomic E-state index is 0.103. The zero-order chi connectivity index (χ0) is 18.1. The number of esters is 1. The maximum atomic E-state index is 12.3. The lowest BCUT2D eigenvalue weighted by Gasteiger charge is -2.38. The lowest BCUT2D eigenvalue weighted by Crippen LogP contribution is -2.48. The Hall–Kier alpha value is -0.900. The fourth-order valence-corrected chi connectivity index (χ4v) is 2.51. The predicted molar refractivity (Wildman–Crippen MR) is 93.5 cm³/mol. The van der Waals surface area contributed by atoms with Crippen molar-refractivity contribution >= 4 is 11.8 Å². The number of rotatable bonds is 12. The van der Waals surface area contributed by atoms with Crippen LogP contribution >= 0.6 is 0 Å². The monoisotopic (exact) mass is 328 g/mol. The van der Waals surface area contributed by atoms with Crippen LogP contribution < -0.4 is 0 Å². The summed E-state index contributed by atoms with van der Waals surface area (Å²) in [5.41, 5.74) is -1.61. The Bertz CT molecular complexity index is 372. The number of ketones is 1. The lowest BCUT2D eigenvalue weighted by molar-refractivity contribution is -0.191. The fraction of sp³-hybridized carbons (Fsp3) is 0.895. The average Bonchev–Trinajstić information content (AvgIpc) is 2.47. The Labute approximate surface area is 142 Å². The highest BCUT2D eigenvalue weighted by molar-refractivity contribution is 5.86. The van der Waals surface area contributed by atoms with Gasteiger partial charge >= 0.3 is 5.97 Å². The van der Waals surface area contributed by atoms with Gasteiger partial charge in [-0.05, 0) is 47.0 Å². The number of carbonyl (C=O) groups is 2. The number of unbranched alkanes of at least 4 members (excludes halogenated alkanes) is 2. The third-order valence-electron chi connectivity index (χ3n) is 4.12. The molecule has 0 aromatic carbocycles. The van der Waals surface area contributed by atoms with Crippen LogP contribution in [-0.4, -0.2) is 29.1 Å². The van der Waals surface area contributed by atoms with E-state index in [4.69, 9.17) is 9.47 Å². The SMILES string of the molecule is CCCCC(=O)OC(C)(C)C(CC)OC(C)(C)C(=O)CCCC. The summed E-state index contributed by atoms with van der Waals surface area (Å²) < 4.78 is 11.7. The molecule has 0 saturated heterocycles. The highest BCUT2D eigenvalue weighted by Gasteiger charge is 2.39. The predicted octanol–water partition coefficient (Wildman–Crippen LogP) is 4.83. The van der Waals surface area contributed by atoms with Crippen molar-refractivity contribution in [2.75, 3.05) is 0 Å². The normalized spacial score (nSPS) is 13.7. The van der Waals surface area contributed by atoms with E-state index in [0.717, 1.165) is 25.7 Å². The second-order valence-corrected chi connectivity index (χ2v) is 7.23. The zero-order valence-corrected chi connectivity index (χ0v) is 16.2. The van der Waals surface area contributed by atoms with Crippen LogP contribution in [-0.2, 0) is 19.1 Å².